The van der Waals surface area contributed by atoms with E-state index >= 15 is 0 Å². The fraction of sp³-hybridized carbons (Fsp3) is 0.786. The molecule has 0 fully saturated rings. The number of hydrogen-bond acceptors (Lipinski definition) is 0. The Hall–Kier alpha value is -0.780. The molecular formula is C28H56. The van der Waals surface area contributed by atoms with Crippen molar-refractivity contribution in [3.8, 4) is 0 Å². The molecule has 0 rings (SSSR count). The highest BCUT2D eigenvalue weighted by atomic mass is 14.2. The third-order valence-electron chi connectivity index (χ3n) is 4.55. The molecule has 0 aliphatic rings. The van der Waals surface area contributed by atoms with Gasteiger partial charge in [0.05, 0.1) is 0 Å². The highest BCUT2D eigenvalue weighted by molar-refractivity contribution is 5.08. The van der Waals surface area contributed by atoms with Gasteiger partial charge in [0.25, 0.3) is 0 Å². The van der Waals surface area contributed by atoms with Crippen molar-refractivity contribution in [1.29, 1.82) is 0 Å². The van der Waals surface area contributed by atoms with Crippen molar-refractivity contribution in [2.45, 2.75) is 96.9 Å². The summed E-state index contributed by atoms with van der Waals surface area (Å²) in [6.07, 6.45) is 8.94. The van der Waals surface area contributed by atoms with Crippen LogP contribution in [0.5, 0.6) is 0 Å². The monoisotopic (exact) mass is 392 g/mol. The second-order valence-electron chi connectivity index (χ2n) is 10.4. The molecule has 0 aromatic heterocycles. The van der Waals surface area contributed by atoms with E-state index in [0.29, 0.717) is 35.5 Å². The summed E-state index contributed by atoms with van der Waals surface area (Å²) in [6, 6.07) is 0. The quantitative estimate of drug-likeness (QED) is 0.360. The largest absolute Gasteiger partial charge is 0.103 e. The first-order valence-corrected chi connectivity index (χ1v) is 11.7. The van der Waals surface area contributed by atoms with Crippen LogP contribution in [0, 0.1) is 47.3 Å². The zero-order chi connectivity index (χ0) is 23.0. The summed E-state index contributed by atoms with van der Waals surface area (Å²) in [5.41, 5.74) is 1.60. The Balaban J connectivity index is -0.000000340. The number of allylic oxidation sites excluding steroid dienone is 5. The van der Waals surface area contributed by atoms with Crippen LogP contribution in [0.15, 0.2) is 36.5 Å². The molecule has 0 saturated carbocycles. The summed E-state index contributed by atoms with van der Waals surface area (Å²) >= 11 is 0. The summed E-state index contributed by atoms with van der Waals surface area (Å²) in [7, 11) is 0. The Morgan fingerprint density at radius 3 is 0.929 bits per heavy atom. The Morgan fingerprint density at radius 1 is 0.536 bits per heavy atom. The highest BCUT2D eigenvalue weighted by Gasteiger charge is 2.12. The van der Waals surface area contributed by atoms with E-state index in [9.17, 15) is 0 Å². The maximum atomic E-state index is 3.80. The van der Waals surface area contributed by atoms with Crippen LogP contribution in [-0.4, -0.2) is 0 Å². The Kier molecular flexibility index (Phi) is 20.8. The molecule has 0 N–H and O–H groups in total. The van der Waals surface area contributed by atoms with Crippen LogP contribution in [0.3, 0.4) is 0 Å². The molecule has 0 aliphatic heterocycles. The van der Waals surface area contributed by atoms with Crippen molar-refractivity contribution in [1.82, 2.24) is 0 Å². The van der Waals surface area contributed by atoms with Gasteiger partial charge in [0.15, 0.2) is 0 Å². The van der Waals surface area contributed by atoms with Crippen LogP contribution in [0.2, 0.25) is 0 Å². The molecule has 0 nitrogen and oxygen atoms in total. The normalized spacial score (nSPS) is 11.6. The molecule has 0 heteroatoms. The van der Waals surface area contributed by atoms with Gasteiger partial charge in [-0.2, -0.15) is 0 Å². The van der Waals surface area contributed by atoms with Crippen LogP contribution < -0.4 is 0 Å². The molecule has 0 aromatic carbocycles. The van der Waals surface area contributed by atoms with E-state index in [4.69, 9.17) is 0 Å². The van der Waals surface area contributed by atoms with Crippen LogP contribution in [0.25, 0.3) is 0 Å². The standard InChI is InChI=1S/C11H22.C9H18.C8H16/c1-8(2)7-11(9(3)4)10(5)6;1-6-9(7(2)3)8(4)5;1-7(2)5-6-8(3)4/h7-10H,1-6H3;6-9H,1H2,2-5H3;5-8H,1-4H3/b;;6-5+. The SMILES string of the molecule is C=CC(C(C)C)C(C)C.CC(C)/C=C/C(C)C.CC(C)C=C(C(C)C)C(C)C. The van der Waals surface area contributed by atoms with Gasteiger partial charge in [0, 0.05) is 0 Å². The maximum Gasteiger partial charge on any atom is -0.0190 e. The van der Waals surface area contributed by atoms with Gasteiger partial charge in [-0.25, -0.2) is 0 Å². The van der Waals surface area contributed by atoms with Crippen LogP contribution in [-0.2, 0) is 0 Å². The van der Waals surface area contributed by atoms with E-state index in [1.807, 2.05) is 0 Å². The molecule has 0 radical (unpaired) electrons. The Bertz CT molecular complexity index is 372. The van der Waals surface area contributed by atoms with Gasteiger partial charge in [-0.1, -0.05) is 127 Å². The molecular weight excluding hydrogens is 336 g/mol. The van der Waals surface area contributed by atoms with Crippen molar-refractivity contribution in [3.63, 3.8) is 0 Å². The summed E-state index contributed by atoms with van der Waals surface area (Å²) in [5, 5.41) is 0. The van der Waals surface area contributed by atoms with Gasteiger partial charge in [0.1, 0.15) is 0 Å². The minimum atomic E-state index is 0.685. The molecule has 0 heterocycles. The third kappa shape index (κ3) is 21.5. The average Bonchev–Trinajstić information content (AvgIpc) is 2.51. The highest BCUT2D eigenvalue weighted by Crippen LogP contribution is 2.21. The topological polar surface area (TPSA) is 0 Å². The fourth-order valence-electron chi connectivity index (χ4n) is 3.20. The Morgan fingerprint density at radius 2 is 0.857 bits per heavy atom. The lowest BCUT2D eigenvalue weighted by atomic mass is 9.86. The zero-order valence-corrected chi connectivity index (χ0v) is 22.1. The first-order chi connectivity index (χ1) is 12.7. The molecule has 0 aromatic rings. The number of hydrogen-bond donors (Lipinski definition) is 0. The van der Waals surface area contributed by atoms with E-state index in [0.717, 1.165) is 11.8 Å². The predicted octanol–water partition coefficient (Wildman–Crippen LogP) is 9.84. The lowest BCUT2D eigenvalue weighted by Gasteiger charge is -2.19. The minimum absolute atomic E-state index is 0.685. The van der Waals surface area contributed by atoms with Gasteiger partial charge >= 0.3 is 0 Å². The molecule has 0 aliphatic carbocycles. The summed E-state index contributed by atoms with van der Waals surface area (Å²) in [6.45, 7) is 35.1. The average molecular weight is 393 g/mol. The summed E-state index contributed by atoms with van der Waals surface area (Å²) in [4.78, 5) is 0. The molecule has 0 unspecified atom stereocenters. The van der Waals surface area contributed by atoms with Crippen molar-refractivity contribution in [2.75, 3.05) is 0 Å². The van der Waals surface area contributed by atoms with Gasteiger partial charge in [-0.3, -0.25) is 0 Å². The molecule has 0 amide bonds. The van der Waals surface area contributed by atoms with Crippen molar-refractivity contribution < 1.29 is 0 Å². The van der Waals surface area contributed by atoms with Crippen LogP contribution >= 0.6 is 0 Å². The van der Waals surface area contributed by atoms with Gasteiger partial charge < -0.3 is 0 Å². The lowest BCUT2D eigenvalue weighted by Crippen LogP contribution is -2.11. The van der Waals surface area contributed by atoms with E-state index in [1.54, 1.807) is 5.57 Å². The maximum absolute atomic E-state index is 3.80. The second kappa shape index (κ2) is 18.3. The first-order valence-electron chi connectivity index (χ1n) is 11.7. The van der Waals surface area contributed by atoms with Gasteiger partial charge in [0.2, 0.25) is 0 Å². The molecule has 0 spiro atoms. The molecule has 0 bridgehead atoms. The van der Waals surface area contributed by atoms with Crippen molar-refractivity contribution in [2.24, 2.45) is 47.3 Å². The summed E-state index contributed by atoms with van der Waals surface area (Å²) in [5.74, 6) is 5.68. The molecule has 168 valence electrons. The minimum Gasteiger partial charge on any atom is -0.103 e. The smallest absolute Gasteiger partial charge is 0.0190 e. The van der Waals surface area contributed by atoms with Gasteiger partial charge in [-0.05, 0) is 47.3 Å². The molecule has 28 heavy (non-hydrogen) atoms. The molecule has 0 saturated heterocycles. The summed E-state index contributed by atoms with van der Waals surface area (Å²) < 4.78 is 0. The predicted molar refractivity (Wildman–Crippen MR) is 135 cm³/mol. The van der Waals surface area contributed by atoms with E-state index < -0.39 is 0 Å². The van der Waals surface area contributed by atoms with E-state index in [-0.39, 0.29) is 0 Å². The van der Waals surface area contributed by atoms with Crippen molar-refractivity contribution >= 4 is 0 Å². The molecule has 0 atom stereocenters. The van der Waals surface area contributed by atoms with E-state index in [2.05, 4.69) is 128 Å². The fourth-order valence-corrected chi connectivity index (χ4v) is 3.20. The van der Waals surface area contributed by atoms with Crippen LogP contribution in [0.1, 0.15) is 96.9 Å². The third-order valence-corrected chi connectivity index (χ3v) is 4.55. The van der Waals surface area contributed by atoms with Gasteiger partial charge in [-0.15, -0.1) is 6.58 Å². The van der Waals surface area contributed by atoms with Crippen molar-refractivity contribution in [3.05, 3.63) is 36.5 Å². The zero-order valence-electron chi connectivity index (χ0n) is 22.1. The first kappa shape index (κ1) is 31.9. The Labute approximate surface area is 181 Å². The van der Waals surface area contributed by atoms with Crippen LogP contribution in [0.4, 0.5) is 0 Å². The number of rotatable bonds is 8. The van der Waals surface area contributed by atoms with E-state index in [1.165, 1.54) is 0 Å². The second-order valence-corrected chi connectivity index (χ2v) is 10.4. The lowest BCUT2D eigenvalue weighted by molar-refractivity contribution is 0.356.